The van der Waals surface area contributed by atoms with Crippen LogP contribution >= 0.6 is 0 Å². The van der Waals surface area contributed by atoms with Gasteiger partial charge in [-0.3, -0.25) is 14.5 Å². The Balaban J connectivity index is 1.61. The molecule has 0 unspecified atom stereocenters. The maximum absolute atomic E-state index is 13.5. The highest BCUT2D eigenvalue weighted by molar-refractivity contribution is 5.90. The van der Waals surface area contributed by atoms with Crippen molar-refractivity contribution >= 4 is 17.9 Å². The molecule has 0 radical (unpaired) electrons. The van der Waals surface area contributed by atoms with Crippen molar-refractivity contribution < 1.29 is 23.9 Å². The van der Waals surface area contributed by atoms with Crippen molar-refractivity contribution in [2.75, 3.05) is 19.6 Å². The number of fused-ring (bicyclic) bond motifs is 1. The van der Waals surface area contributed by atoms with Gasteiger partial charge < -0.3 is 14.9 Å². The van der Waals surface area contributed by atoms with Gasteiger partial charge in [-0.25, -0.2) is 9.18 Å². The van der Waals surface area contributed by atoms with Crippen molar-refractivity contribution in [1.29, 1.82) is 0 Å². The summed E-state index contributed by atoms with van der Waals surface area (Å²) in [4.78, 5) is 42.3. The highest BCUT2D eigenvalue weighted by atomic mass is 19.1. The number of nitrogens with zero attached hydrogens (tertiary/aromatic N) is 3. The largest absolute Gasteiger partial charge is 0.465 e. The zero-order chi connectivity index (χ0) is 22.0. The van der Waals surface area contributed by atoms with Crippen LogP contribution in [0.4, 0.5) is 9.18 Å². The molecule has 3 amide bonds. The fraction of sp³-hybridized carbons (Fsp3) is 0.348. The standard InChI is InChI=1S/C23H24FN3O4/c24-18-8-4-7-17(13-18)9-11-25-15-20-26(23(30)31)12-10-21(28)27(20)19(22(25)29)14-16-5-2-1-3-6-16/h1-8,13,19-20H,9-12,14-15H2,(H,30,31)/t19-,20+/m0/s1. The van der Waals surface area contributed by atoms with Crippen molar-refractivity contribution in [1.82, 2.24) is 14.7 Å². The molecular formula is C23H24FN3O4. The summed E-state index contributed by atoms with van der Waals surface area (Å²) in [5.41, 5.74) is 1.65. The second-order valence-corrected chi connectivity index (χ2v) is 7.88. The molecule has 2 atom stereocenters. The van der Waals surface area contributed by atoms with Crippen LogP contribution in [0.25, 0.3) is 0 Å². The zero-order valence-corrected chi connectivity index (χ0v) is 17.0. The third-order valence-corrected chi connectivity index (χ3v) is 5.93. The summed E-state index contributed by atoms with van der Waals surface area (Å²) >= 11 is 0. The van der Waals surface area contributed by atoms with E-state index in [-0.39, 0.29) is 37.1 Å². The van der Waals surface area contributed by atoms with E-state index in [4.69, 9.17) is 0 Å². The second-order valence-electron chi connectivity index (χ2n) is 7.88. The van der Waals surface area contributed by atoms with Crippen LogP contribution in [0.3, 0.4) is 0 Å². The quantitative estimate of drug-likeness (QED) is 0.798. The van der Waals surface area contributed by atoms with Crippen LogP contribution in [0.15, 0.2) is 54.6 Å². The summed E-state index contributed by atoms with van der Waals surface area (Å²) in [6.07, 6.45) is -1.02. The van der Waals surface area contributed by atoms with E-state index in [0.29, 0.717) is 19.4 Å². The number of carbonyl (C=O) groups is 3. The molecule has 2 aromatic carbocycles. The Kier molecular flexibility index (Phi) is 5.88. The molecule has 4 rings (SSSR count). The van der Waals surface area contributed by atoms with E-state index < -0.39 is 18.3 Å². The maximum Gasteiger partial charge on any atom is 0.409 e. The predicted molar refractivity (Wildman–Crippen MR) is 111 cm³/mol. The topological polar surface area (TPSA) is 81.2 Å². The number of benzene rings is 2. The number of carbonyl (C=O) groups excluding carboxylic acids is 2. The molecule has 0 aromatic heterocycles. The summed E-state index contributed by atoms with van der Waals surface area (Å²) in [5.74, 6) is -0.760. The molecule has 7 nitrogen and oxygen atoms in total. The van der Waals surface area contributed by atoms with Crippen LogP contribution in [0.1, 0.15) is 17.5 Å². The molecule has 0 spiro atoms. The first kappa shape index (κ1) is 20.8. The monoisotopic (exact) mass is 425 g/mol. The molecule has 8 heteroatoms. The molecular weight excluding hydrogens is 401 g/mol. The normalized spacial score (nSPS) is 21.3. The lowest BCUT2D eigenvalue weighted by atomic mass is 9.97. The van der Waals surface area contributed by atoms with Crippen molar-refractivity contribution in [2.24, 2.45) is 0 Å². The van der Waals surface area contributed by atoms with E-state index >= 15 is 0 Å². The first-order valence-electron chi connectivity index (χ1n) is 10.3. The van der Waals surface area contributed by atoms with Crippen molar-refractivity contribution in [3.8, 4) is 0 Å². The number of rotatable bonds is 5. The summed E-state index contributed by atoms with van der Waals surface area (Å²) < 4.78 is 13.5. The number of hydrogen-bond acceptors (Lipinski definition) is 3. The van der Waals surface area contributed by atoms with E-state index in [0.717, 1.165) is 11.1 Å². The van der Waals surface area contributed by atoms with E-state index in [1.807, 2.05) is 30.3 Å². The van der Waals surface area contributed by atoms with Crippen LogP contribution in [0, 0.1) is 5.82 Å². The molecule has 0 bridgehead atoms. The highest BCUT2D eigenvalue weighted by Crippen LogP contribution is 2.28. The Morgan fingerprint density at radius 2 is 1.81 bits per heavy atom. The van der Waals surface area contributed by atoms with Gasteiger partial charge in [0.05, 0.1) is 6.54 Å². The molecule has 2 heterocycles. The van der Waals surface area contributed by atoms with E-state index in [1.54, 1.807) is 17.0 Å². The van der Waals surface area contributed by atoms with Crippen LogP contribution in [-0.4, -0.2) is 69.6 Å². The third kappa shape index (κ3) is 4.38. The van der Waals surface area contributed by atoms with E-state index in [2.05, 4.69) is 0 Å². The molecule has 2 aromatic rings. The van der Waals surface area contributed by atoms with Gasteiger partial charge in [0.2, 0.25) is 11.8 Å². The lowest BCUT2D eigenvalue weighted by molar-refractivity contribution is -0.167. The Labute approximate surface area is 179 Å². The van der Waals surface area contributed by atoms with Gasteiger partial charge >= 0.3 is 6.09 Å². The summed E-state index contributed by atoms with van der Waals surface area (Å²) in [5, 5.41) is 9.67. The van der Waals surface area contributed by atoms with Crippen molar-refractivity contribution in [3.05, 3.63) is 71.5 Å². The molecule has 1 N–H and O–H groups in total. The number of amides is 3. The number of hydrogen-bond donors (Lipinski definition) is 1. The van der Waals surface area contributed by atoms with Crippen molar-refractivity contribution in [3.63, 3.8) is 0 Å². The lowest BCUT2D eigenvalue weighted by Crippen LogP contribution is -2.71. The van der Waals surface area contributed by atoms with Gasteiger partial charge in [-0.05, 0) is 29.7 Å². The Morgan fingerprint density at radius 3 is 2.52 bits per heavy atom. The van der Waals surface area contributed by atoms with Gasteiger partial charge in [0.15, 0.2) is 0 Å². The fourth-order valence-electron chi connectivity index (χ4n) is 4.40. The third-order valence-electron chi connectivity index (χ3n) is 5.93. The Bertz CT molecular complexity index is 984. The van der Waals surface area contributed by atoms with Crippen LogP contribution in [-0.2, 0) is 22.4 Å². The molecule has 31 heavy (non-hydrogen) atoms. The van der Waals surface area contributed by atoms with Gasteiger partial charge in [0, 0.05) is 25.9 Å². The van der Waals surface area contributed by atoms with Gasteiger partial charge in [-0.15, -0.1) is 0 Å². The van der Waals surface area contributed by atoms with Crippen LogP contribution < -0.4 is 0 Å². The van der Waals surface area contributed by atoms with Crippen LogP contribution in [0.5, 0.6) is 0 Å². The SMILES string of the molecule is O=C1[C@H](Cc2ccccc2)N2C(=O)CCN(C(=O)O)[C@H]2CN1CCc1cccc(F)c1. The smallest absolute Gasteiger partial charge is 0.409 e. The maximum atomic E-state index is 13.5. The summed E-state index contributed by atoms with van der Waals surface area (Å²) in [6, 6.07) is 14.8. The van der Waals surface area contributed by atoms with E-state index in [1.165, 1.54) is 21.9 Å². The number of carboxylic acid groups (broad SMARTS) is 1. The summed E-state index contributed by atoms with van der Waals surface area (Å²) in [7, 11) is 0. The number of piperazine rings is 1. The van der Waals surface area contributed by atoms with Crippen molar-refractivity contribution in [2.45, 2.75) is 31.5 Å². The predicted octanol–water partition coefficient (Wildman–Crippen LogP) is 2.36. The molecule has 0 saturated carbocycles. The minimum atomic E-state index is -1.11. The average molecular weight is 425 g/mol. The minimum Gasteiger partial charge on any atom is -0.465 e. The summed E-state index contributed by atoms with van der Waals surface area (Å²) in [6.45, 7) is 0.538. The van der Waals surface area contributed by atoms with Gasteiger partial charge in [0.25, 0.3) is 0 Å². The lowest BCUT2D eigenvalue weighted by Gasteiger charge is -2.51. The Morgan fingerprint density at radius 1 is 1.06 bits per heavy atom. The molecule has 162 valence electrons. The first-order chi connectivity index (χ1) is 14.9. The molecule has 2 saturated heterocycles. The van der Waals surface area contributed by atoms with Gasteiger partial charge in [-0.1, -0.05) is 42.5 Å². The molecule has 2 fully saturated rings. The van der Waals surface area contributed by atoms with E-state index in [9.17, 15) is 23.9 Å². The second kappa shape index (κ2) is 8.75. The molecule has 0 aliphatic carbocycles. The average Bonchev–Trinajstić information content (AvgIpc) is 2.75. The molecule has 2 aliphatic rings. The zero-order valence-electron chi connectivity index (χ0n) is 17.0. The van der Waals surface area contributed by atoms with Gasteiger partial charge in [-0.2, -0.15) is 0 Å². The minimum absolute atomic E-state index is 0.0602. The fourth-order valence-corrected chi connectivity index (χ4v) is 4.40. The first-order valence-corrected chi connectivity index (χ1v) is 10.3. The van der Waals surface area contributed by atoms with Crippen LogP contribution in [0.2, 0.25) is 0 Å². The van der Waals surface area contributed by atoms with Gasteiger partial charge in [0.1, 0.15) is 18.0 Å². The molecule has 2 aliphatic heterocycles. The number of halogens is 1. The highest BCUT2D eigenvalue weighted by Gasteiger charge is 2.48. The Hall–Kier alpha value is -3.42.